The van der Waals surface area contributed by atoms with Crippen LogP contribution >= 0.6 is 0 Å². The van der Waals surface area contributed by atoms with E-state index in [1.165, 1.54) is 5.56 Å². The largest absolute Gasteiger partial charge is 0.348 e. The normalized spacial score (nSPS) is 18.2. The number of urea groups is 1. The summed E-state index contributed by atoms with van der Waals surface area (Å²) in [5.74, 6) is 1.30. The van der Waals surface area contributed by atoms with Crippen molar-refractivity contribution < 1.29 is 4.79 Å². The van der Waals surface area contributed by atoms with E-state index in [2.05, 4.69) is 20.3 Å². The fourth-order valence-electron chi connectivity index (χ4n) is 2.86. The summed E-state index contributed by atoms with van der Waals surface area (Å²) >= 11 is 0. The van der Waals surface area contributed by atoms with Crippen LogP contribution in [0.25, 0.3) is 0 Å². The molecule has 0 bridgehead atoms. The van der Waals surface area contributed by atoms with Crippen LogP contribution in [0.5, 0.6) is 0 Å². The van der Waals surface area contributed by atoms with E-state index in [1.807, 2.05) is 23.2 Å². The summed E-state index contributed by atoms with van der Waals surface area (Å²) < 4.78 is 0. The van der Waals surface area contributed by atoms with Gasteiger partial charge in [0.1, 0.15) is 5.82 Å². The van der Waals surface area contributed by atoms with Crippen LogP contribution in [0.2, 0.25) is 0 Å². The lowest BCUT2D eigenvalue weighted by Gasteiger charge is -2.31. The maximum atomic E-state index is 12.3. The smallest absolute Gasteiger partial charge is 0.317 e. The van der Waals surface area contributed by atoms with Gasteiger partial charge in [0.25, 0.3) is 0 Å². The molecule has 0 aromatic carbocycles. The molecule has 1 fully saturated rings. The summed E-state index contributed by atoms with van der Waals surface area (Å²) in [5, 5.41) is 3.00. The zero-order valence-electron chi connectivity index (χ0n) is 12.5. The lowest BCUT2D eigenvalue weighted by atomic mass is 9.98. The van der Waals surface area contributed by atoms with Gasteiger partial charge in [-0.15, -0.1) is 0 Å². The van der Waals surface area contributed by atoms with Gasteiger partial charge in [-0.1, -0.05) is 0 Å². The number of hydrogen-bond donors (Lipinski definition) is 2. The van der Waals surface area contributed by atoms with Crippen molar-refractivity contribution in [2.24, 2.45) is 0 Å². The third kappa shape index (κ3) is 3.63. The number of pyridine rings is 1. The molecule has 0 spiro atoms. The first kappa shape index (κ1) is 14.6. The lowest BCUT2D eigenvalue weighted by molar-refractivity contribution is 0.178. The number of aromatic nitrogens is 3. The molecule has 3 heterocycles. The van der Waals surface area contributed by atoms with Gasteiger partial charge in [-0.05, 0) is 37.0 Å². The minimum atomic E-state index is 0.0188. The molecule has 22 heavy (non-hydrogen) atoms. The Kier molecular flexibility index (Phi) is 4.68. The number of carbonyl (C=O) groups is 1. The van der Waals surface area contributed by atoms with Crippen molar-refractivity contribution in [3.05, 3.63) is 48.3 Å². The molecule has 6 nitrogen and oxygen atoms in total. The van der Waals surface area contributed by atoms with Crippen LogP contribution in [0.1, 0.15) is 30.1 Å². The van der Waals surface area contributed by atoms with Crippen LogP contribution in [0.15, 0.2) is 36.9 Å². The van der Waals surface area contributed by atoms with E-state index in [0.717, 1.165) is 38.2 Å². The van der Waals surface area contributed by atoms with Crippen molar-refractivity contribution in [1.29, 1.82) is 0 Å². The zero-order chi connectivity index (χ0) is 15.2. The molecule has 1 saturated heterocycles. The molecule has 1 atom stereocenters. The molecule has 2 N–H and O–H groups in total. The third-order valence-corrected chi connectivity index (χ3v) is 4.05. The molecule has 3 rings (SSSR count). The Hall–Kier alpha value is -2.37. The van der Waals surface area contributed by atoms with E-state index in [0.29, 0.717) is 12.5 Å². The number of aromatic amines is 1. The molecule has 1 aliphatic heterocycles. The van der Waals surface area contributed by atoms with Gasteiger partial charge < -0.3 is 15.2 Å². The van der Waals surface area contributed by atoms with E-state index >= 15 is 0 Å². The number of amides is 2. The quantitative estimate of drug-likeness (QED) is 0.906. The summed E-state index contributed by atoms with van der Waals surface area (Å²) in [5.41, 5.74) is 1.18. The van der Waals surface area contributed by atoms with E-state index in [9.17, 15) is 4.79 Å². The summed E-state index contributed by atoms with van der Waals surface area (Å²) in [4.78, 5) is 25.6. The molecule has 0 aliphatic carbocycles. The van der Waals surface area contributed by atoms with Gasteiger partial charge in [0.15, 0.2) is 0 Å². The Morgan fingerprint density at radius 1 is 1.36 bits per heavy atom. The monoisotopic (exact) mass is 299 g/mol. The predicted molar refractivity (Wildman–Crippen MR) is 83.5 cm³/mol. The van der Waals surface area contributed by atoms with Crippen molar-refractivity contribution in [1.82, 2.24) is 25.2 Å². The van der Waals surface area contributed by atoms with Crippen molar-refractivity contribution in [2.45, 2.75) is 25.2 Å². The number of nitrogens with one attached hydrogen (secondary N) is 2. The summed E-state index contributed by atoms with van der Waals surface area (Å²) in [7, 11) is 0. The molecule has 0 unspecified atom stereocenters. The van der Waals surface area contributed by atoms with Crippen LogP contribution in [-0.4, -0.2) is 45.5 Å². The van der Waals surface area contributed by atoms with E-state index in [4.69, 9.17) is 0 Å². The first-order valence-electron chi connectivity index (χ1n) is 7.74. The second kappa shape index (κ2) is 7.06. The van der Waals surface area contributed by atoms with Crippen molar-refractivity contribution in [3.8, 4) is 0 Å². The number of rotatable bonds is 4. The molecule has 2 aromatic heterocycles. The Morgan fingerprint density at radius 3 is 3.00 bits per heavy atom. The maximum Gasteiger partial charge on any atom is 0.317 e. The SMILES string of the molecule is O=C(NCCc1ccncc1)N1CCC[C@H](c2ncc[nH]2)C1. The predicted octanol–water partition coefficient (Wildman–Crippen LogP) is 1.94. The molecule has 1 aliphatic rings. The average Bonchev–Trinajstić information content (AvgIpc) is 3.10. The molecule has 2 amide bonds. The van der Waals surface area contributed by atoms with Gasteiger partial charge in [-0.3, -0.25) is 4.98 Å². The van der Waals surface area contributed by atoms with Crippen LogP contribution in [-0.2, 0) is 6.42 Å². The van der Waals surface area contributed by atoms with Gasteiger partial charge >= 0.3 is 6.03 Å². The van der Waals surface area contributed by atoms with Crippen LogP contribution in [0.4, 0.5) is 4.79 Å². The van der Waals surface area contributed by atoms with Gasteiger partial charge in [-0.2, -0.15) is 0 Å². The van der Waals surface area contributed by atoms with Gasteiger partial charge in [0.2, 0.25) is 0 Å². The Morgan fingerprint density at radius 2 is 2.23 bits per heavy atom. The minimum Gasteiger partial charge on any atom is -0.348 e. The summed E-state index contributed by atoms with van der Waals surface area (Å²) in [6, 6.07) is 3.96. The number of piperidine rings is 1. The average molecular weight is 299 g/mol. The highest BCUT2D eigenvalue weighted by molar-refractivity contribution is 5.74. The minimum absolute atomic E-state index is 0.0188. The highest BCUT2D eigenvalue weighted by atomic mass is 16.2. The molecule has 0 saturated carbocycles. The second-order valence-electron chi connectivity index (χ2n) is 5.60. The van der Waals surface area contributed by atoms with Crippen molar-refractivity contribution in [3.63, 3.8) is 0 Å². The fourth-order valence-corrected chi connectivity index (χ4v) is 2.86. The highest BCUT2D eigenvalue weighted by Crippen LogP contribution is 2.24. The summed E-state index contributed by atoms with van der Waals surface area (Å²) in [6.45, 7) is 2.19. The fraction of sp³-hybridized carbons (Fsp3) is 0.438. The zero-order valence-corrected chi connectivity index (χ0v) is 12.5. The number of H-pyrrole nitrogens is 1. The number of likely N-dealkylation sites (tertiary alicyclic amines) is 1. The topological polar surface area (TPSA) is 73.9 Å². The van der Waals surface area contributed by atoms with E-state index < -0.39 is 0 Å². The second-order valence-corrected chi connectivity index (χ2v) is 5.60. The maximum absolute atomic E-state index is 12.3. The highest BCUT2D eigenvalue weighted by Gasteiger charge is 2.25. The summed E-state index contributed by atoms with van der Waals surface area (Å²) in [6.07, 6.45) is 10.1. The standard InChI is InChI=1S/C16H21N5O/c22-16(20-8-5-13-3-6-17-7-4-13)21-11-1-2-14(12-21)15-18-9-10-19-15/h3-4,6-7,9-10,14H,1-2,5,8,11-12H2,(H,18,19)(H,20,22)/t14-/m0/s1. The lowest BCUT2D eigenvalue weighted by Crippen LogP contribution is -2.45. The third-order valence-electron chi connectivity index (χ3n) is 4.05. The first-order chi connectivity index (χ1) is 10.8. The van der Waals surface area contributed by atoms with E-state index in [-0.39, 0.29) is 6.03 Å². The molecule has 6 heteroatoms. The van der Waals surface area contributed by atoms with Gasteiger partial charge in [-0.25, -0.2) is 9.78 Å². The van der Waals surface area contributed by atoms with Crippen LogP contribution in [0.3, 0.4) is 0 Å². The van der Waals surface area contributed by atoms with Gasteiger partial charge in [0.05, 0.1) is 0 Å². The van der Waals surface area contributed by atoms with Crippen LogP contribution in [0, 0.1) is 0 Å². The van der Waals surface area contributed by atoms with Gasteiger partial charge in [0, 0.05) is 50.3 Å². The van der Waals surface area contributed by atoms with E-state index in [1.54, 1.807) is 18.6 Å². The Bertz CT molecular complexity index is 584. The first-order valence-corrected chi connectivity index (χ1v) is 7.74. The number of nitrogens with zero attached hydrogens (tertiary/aromatic N) is 3. The number of carbonyl (C=O) groups excluding carboxylic acids is 1. The Balaban J connectivity index is 1.47. The Labute approximate surface area is 130 Å². The number of hydrogen-bond acceptors (Lipinski definition) is 3. The van der Waals surface area contributed by atoms with Crippen molar-refractivity contribution in [2.75, 3.05) is 19.6 Å². The molecular weight excluding hydrogens is 278 g/mol. The number of imidazole rings is 1. The molecule has 0 radical (unpaired) electrons. The van der Waals surface area contributed by atoms with Crippen molar-refractivity contribution >= 4 is 6.03 Å². The molecular formula is C16H21N5O. The molecule has 2 aromatic rings. The van der Waals surface area contributed by atoms with Crippen LogP contribution < -0.4 is 5.32 Å². The molecule has 116 valence electrons.